The number of rotatable bonds is 8. The van der Waals surface area contributed by atoms with Crippen LogP contribution in [0, 0.1) is 17.0 Å². The molecule has 166 valence electrons. The van der Waals surface area contributed by atoms with Crippen LogP contribution >= 0.6 is 11.3 Å². The molecule has 2 amide bonds. The third kappa shape index (κ3) is 5.46. The smallest absolute Gasteiger partial charge is 0.341 e. The Bertz CT molecular complexity index is 1010. The molecular formula is C21H25N3O6S. The summed E-state index contributed by atoms with van der Waals surface area (Å²) in [6.07, 6.45) is -0.394. The van der Waals surface area contributed by atoms with E-state index >= 15 is 0 Å². The van der Waals surface area contributed by atoms with Gasteiger partial charge in [0, 0.05) is 30.8 Å². The Kier molecular flexibility index (Phi) is 7.87. The molecule has 10 heteroatoms. The van der Waals surface area contributed by atoms with Crippen molar-refractivity contribution in [2.24, 2.45) is 0 Å². The van der Waals surface area contributed by atoms with E-state index in [1.807, 2.05) is 13.8 Å². The fourth-order valence-electron chi connectivity index (χ4n) is 2.91. The lowest BCUT2D eigenvalue weighted by molar-refractivity contribution is -0.384. The summed E-state index contributed by atoms with van der Waals surface area (Å²) in [6.45, 7) is 9.72. The number of amides is 2. The van der Waals surface area contributed by atoms with Crippen LogP contribution in [0.15, 0.2) is 24.3 Å². The first-order valence-corrected chi connectivity index (χ1v) is 10.6. The minimum absolute atomic E-state index is 0.0556. The lowest BCUT2D eigenvalue weighted by atomic mass is 10.1. The lowest BCUT2D eigenvalue weighted by Gasteiger charge is -2.18. The molecule has 0 aliphatic rings. The van der Waals surface area contributed by atoms with Gasteiger partial charge in [0.2, 0.25) is 0 Å². The summed E-state index contributed by atoms with van der Waals surface area (Å²) in [5.74, 6) is -1.54. The number of nitrogens with one attached hydrogen (secondary N) is 1. The summed E-state index contributed by atoms with van der Waals surface area (Å²) in [7, 11) is 0. The summed E-state index contributed by atoms with van der Waals surface area (Å²) in [4.78, 5) is 50.7. The Morgan fingerprint density at radius 2 is 1.87 bits per heavy atom. The molecule has 0 saturated carbocycles. The number of carbonyl (C=O) groups is 3. The van der Waals surface area contributed by atoms with Crippen molar-refractivity contribution in [2.45, 2.75) is 40.7 Å². The molecule has 0 bridgehead atoms. The highest BCUT2D eigenvalue weighted by Crippen LogP contribution is 2.35. The van der Waals surface area contributed by atoms with Crippen LogP contribution in [0.25, 0.3) is 0 Å². The van der Waals surface area contributed by atoms with Crippen LogP contribution in [0.1, 0.15) is 63.6 Å². The van der Waals surface area contributed by atoms with Crippen LogP contribution < -0.4 is 5.32 Å². The van der Waals surface area contributed by atoms with Gasteiger partial charge in [-0.25, -0.2) is 4.79 Å². The molecule has 0 spiro atoms. The first-order valence-electron chi connectivity index (χ1n) is 9.80. The maximum Gasteiger partial charge on any atom is 0.341 e. The van der Waals surface area contributed by atoms with Gasteiger partial charge in [-0.1, -0.05) is 6.07 Å². The van der Waals surface area contributed by atoms with Crippen molar-refractivity contribution in [1.82, 2.24) is 4.90 Å². The van der Waals surface area contributed by atoms with Crippen molar-refractivity contribution in [3.8, 4) is 0 Å². The number of benzene rings is 1. The molecule has 0 aliphatic heterocycles. The predicted octanol–water partition coefficient (Wildman–Crippen LogP) is 4.26. The van der Waals surface area contributed by atoms with Crippen molar-refractivity contribution in [3.05, 3.63) is 55.9 Å². The molecule has 1 N–H and O–H groups in total. The Morgan fingerprint density at radius 3 is 2.42 bits per heavy atom. The lowest BCUT2D eigenvalue weighted by Crippen LogP contribution is -2.30. The third-order valence-corrected chi connectivity index (χ3v) is 5.68. The van der Waals surface area contributed by atoms with E-state index in [0.717, 1.165) is 17.4 Å². The molecule has 9 nitrogen and oxygen atoms in total. The number of nitro groups is 1. The number of ether oxygens (including phenoxy) is 1. The van der Waals surface area contributed by atoms with Crippen LogP contribution in [0.5, 0.6) is 0 Å². The number of hydrogen-bond acceptors (Lipinski definition) is 7. The normalized spacial score (nSPS) is 10.6. The predicted molar refractivity (Wildman–Crippen MR) is 118 cm³/mol. The standard InChI is InChI=1S/C21H25N3O6S/c1-6-23(7-2)20(26)17-13(5)16(21(27)30-12(3)4)19(31-17)22-18(25)14-9-8-10-15(11-14)24(28)29/h8-12H,6-7H2,1-5H3,(H,22,25). The molecule has 0 fully saturated rings. The maximum absolute atomic E-state index is 12.9. The molecule has 1 heterocycles. The van der Waals surface area contributed by atoms with E-state index in [4.69, 9.17) is 4.74 Å². The number of thiophene rings is 1. The van der Waals surface area contributed by atoms with Gasteiger partial charge in [-0.05, 0) is 46.2 Å². The zero-order valence-electron chi connectivity index (χ0n) is 18.1. The van der Waals surface area contributed by atoms with Crippen LogP contribution in [0.2, 0.25) is 0 Å². The van der Waals surface area contributed by atoms with E-state index in [-0.39, 0.29) is 27.7 Å². The van der Waals surface area contributed by atoms with E-state index in [0.29, 0.717) is 23.5 Å². The SMILES string of the molecule is CCN(CC)C(=O)c1sc(NC(=O)c2cccc([N+](=O)[O-])c2)c(C(=O)OC(C)C)c1C. The average Bonchev–Trinajstić information content (AvgIpc) is 3.04. The second-order valence-electron chi connectivity index (χ2n) is 6.95. The van der Waals surface area contributed by atoms with E-state index in [9.17, 15) is 24.5 Å². The van der Waals surface area contributed by atoms with Gasteiger partial charge in [0.25, 0.3) is 17.5 Å². The number of carbonyl (C=O) groups excluding carboxylic acids is 3. The zero-order valence-corrected chi connectivity index (χ0v) is 18.9. The highest BCUT2D eigenvalue weighted by atomic mass is 32.1. The number of esters is 1. The van der Waals surface area contributed by atoms with Crippen molar-refractivity contribution in [2.75, 3.05) is 18.4 Å². The zero-order chi connectivity index (χ0) is 23.3. The van der Waals surface area contributed by atoms with Crippen LogP contribution in [-0.4, -0.2) is 46.8 Å². The molecule has 0 aliphatic carbocycles. The third-order valence-electron chi connectivity index (χ3n) is 4.48. The van der Waals surface area contributed by atoms with E-state index in [2.05, 4.69) is 5.32 Å². The van der Waals surface area contributed by atoms with Gasteiger partial charge in [-0.15, -0.1) is 11.3 Å². The molecule has 0 atom stereocenters. The largest absolute Gasteiger partial charge is 0.459 e. The number of anilines is 1. The van der Waals surface area contributed by atoms with E-state index < -0.39 is 22.9 Å². The Labute approximate surface area is 184 Å². The number of non-ortho nitro benzene ring substituents is 1. The van der Waals surface area contributed by atoms with Gasteiger partial charge in [0.1, 0.15) is 5.00 Å². The van der Waals surface area contributed by atoms with Gasteiger partial charge in [-0.2, -0.15) is 0 Å². The summed E-state index contributed by atoms with van der Waals surface area (Å²) < 4.78 is 5.30. The first kappa shape index (κ1) is 24.0. The van der Waals surface area contributed by atoms with Gasteiger partial charge in [0.05, 0.1) is 21.5 Å². The number of nitro benzene ring substituents is 1. The molecule has 0 saturated heterocycles. The quantitative estimate of drug-likeness (QED) is 0.367. The van der Waals surface area contributed by atoms with Crippen LogP contribution in [0.4, 0.5) is 10.7 Å². The molecule has 2 rings (SSSR count). The van der Waals surface area contributed by atoms with Crippen LogP contribution in [-0.2, 0) is 4.74 Å². The molecule has 0 unspecified atom stereocenters. The Morgan fingerprint density at radius 1 is 1.23 bits per heavy atom. The number of nitrogens with zero attached hydrogens (tertiary/aromatic N) is 2. The molecule has 2 aromatic rings. The minimum atomic E-state index is -0.656. The summed E-state index contributed by atoms with van der Waals surface area (Å²) in [6, 6.07) is 5.25. The van der Waals surface area contributed by atoms with E-state index in [1.54, 1.807) is 25.7 Å². The summed E-state index contributed by atoms with van der Waals surface area (Å²) in [5, 5.41) is 13.8. The van der Waals surface area contributed by atoms with Crippen molar-refractivity contribution < 1.29 is 24.0 Å². The summed E-state index contributed by atoms with van der Waals surface area (Å²) >= 11 is 0.984. The minimum Gasteiger partial charge on any atom is -0.459 e. The van der Waals surface area contributed by atoms with Gasteiger partial charge in [0.15, 0.2) is 0 Å². The van der Waals surface area contributed by atoms with Crippen molar-refractivity contribution in [1.29, 1.82) is 0 Å². The second kappa shape index (κ2) is 10.2. The van der Waals surface area contributed by atoms with Gasteiger partial charge in [-0.3, -0.25) is 19.7 Å². The topological polar surface area (TPSA) is 119 Å². The van der Waals surface area contributed by atoms with Gasteiger partial charge >= 0.3 is 5.97 Å². The van der Waals surface area contributed by atoms with Crippen molar-refractivity contribution >= 4 is 39.8 Å². The van der Waals surface area contributed by atoms with Gasteiger partial charge < -0.3 is 15.0 Å². The van der Waals surface area contributed by atoms with Crippen molar-refractivity contribution in [3.63, 3.8) is 0 Å². The Balaban J connectivity index is 2.49. The Hall–Kier alpha value is -3.27. The molecule has 1 aromatic heterocycles. The maximum atomic E-state index is 12.9. The molecule has 1 aromatic carbocycles. The van der Waals surface area contributed by atoms with Crippen LogP contribution in [0.3, 0.4) is 0 Å². The highest BCUT2D eigenvalue weighted by Gasteiger charge is 2.29. The summed E-state index contributed by atoms with van der Waals surface area (Å²) in [5.41, 5.74) is 0.349. The monoisotopic (exact) mass is 447 g/mol. The molecule has 31 heavy (non-hydrogen) atoms. The first-order chi connectivity index (χ1) is 14.6. The fourth-order valence-corrected chi connectivity index (χ4v) is 4.07. The number of hydrogen-bond donors (Lipinski definition) is 1. The molecular weight excluding hydrogens is 422 g/mol. The van der Waals surface area contributed by atoms with E-state index in [1.165, 1.54) is 18.2 Å². The highest BCUT2D eigenvalue weighted by molar-refractivity contribution is 7.18. The fraction of sp³-hybridized carbons (Fsp3) is 0.381. The second-order valence-corrected chi connectivity index (χ2v) is 7.97. The molecule has 0 radical (unpaired) electrons. The average molecular weight is 448 g/mol.